The lowest BCUT2D eigenvalue weighted by Gasteiger charge is -2.12. The number of carbonyl (C=O) groups excluding carboxylic acids is 4. The van der Waals surface area contributed by atoms with E-state index in [4.69, 9.17) is 0 Å². The Morgan fingerprint density at radius 1 is 0.538 bits per heavy atom. The minimum atomic E-state index is -0.179. The Morgan fingerprint density at radius 2 is 0.923 bits per heavy atom. The van der Waals surface area contributed by atoms with Crippen LogP contribution in [0.4, 0.5) is 11.4 Å². The highest BCUT2D eigenvalue weighted by atomic mass is 16.2. The van der Waals surface area contributed by atoms with Crippen molar-refractivity contribution in [2.24, 2.45) is 0 Å². The fraction of sp³-hybridized carbons (Fsp3) is 0.484. The van der Waals surface area contributed by atoms with Crippen molar-refractivity contribution in [2.45, 2.75) is 84.5 Å². The third kappa shape index (κ3) is 12.1. The minimum Gasteiger partial charge on any atom is -0.352 e. The molecular formula is C31H44N4O4. The fourth-order valence-electron chi connectivity index (χ4n) is 4.05. The molecule has 0 bridgehead atoms. The van der Waals surface area contributed by atoms with Crippen molar-refractivity contribution >= 4 is 35.0 Å². The minimum absolute atomic E-state index is 0.111. The van der Waals surface area contributed by atoms with E-state index >= 15 is 0 Å². The molecule has 39 heavy (non-hydrogen) atoms. The first-order valence-electron chi connectivity index (χ1n) is 14.3. The second kappa shape index (κ2) is 18.6. The number of hydrogen-bond acceptors (Lipinski definition) is 4. The van der Waals surface area contributed by atoms with Gasteiger partial charge in [-0.15, -0.1) is 0 Å². The number of benzene rings is 2. The van der Waals surface area contributed by atoms with Gasteiger partial charge in [-0.1, -0.05) is 70.2 Å². The van der Waals surface area contributed by atoms with E-state index in [0.29, 0.717) is 48.4 Å². The molecule has 0 spiro atoms. The van der Waals surface area contributed by atoms with Gasteiger partial charge in [-0.3, -0.25) is 19.2 Å². The molecule has 0 aromatic heterocycles. The largest absolute Gasteiger partial charge is 0.352 e. The van der Waals surface area contributed by atoms with Crippen molar-refractivity contribution in [3.8, 4) is 0 Å². The predicted molar refractivity (Wildman–Crippen MR) is 157 cm³/mol. The second-order valence-corrected chi connectivity index (χ2v) is 9.67. The van der Waals surface area contributed by atoms with Gasteiger partial charge in [0.05, 0.1) is 22.5 Å². The Bertz CT molecular complexity index is 987. The molecule has 0 saturated heterocycles. The molecule has 8 nitrogen and oxygen atoms in total. The van der Waals surface area contributed by atoms with Gasteiger partial charge in [-0.25, -0.2) is 0 Å². The summed E-state index contributed by atoms with van der Waals surface area (Å²) in [5.74, 6) is -0.578. The Kier molecular flexibility index (Phi) is 15.0. The summed E-state index contributed by atoms with van der Waals surface area (Å²) in [5.41, 5.74) is 2.00. The molecule has 4 N–H and O–H groups in total. The van der Waals surface area contributed by atoms with Crippen LogP contribution in [0.3, 0.4) is 0 Å². The van der Waals surface area contributed by atoms with Gasteiger partial charge in [0.1, 0.15) is 0 Å². The number of amides is 4. The average Bonchev–Trinajstić information content (AvgIpc) is 2.93. The molecule has 0 unspecified atom stereocenters. The summed E-state index contributed by atoms with van der Waals surface area (Å²) in [5, 5.41) is 11.5. The molecule has 2 rings (SSSR count). The first kappa shape index (κ1) is 31.5. The van der Waals surface area contributed by atoms with E-state index in [1.54, 1.807) is 48.5 Å². The zero-order valence-electron chi connectivity index (χ0n) is 23.4. The maximum atomic E-state index is 12.4. The molecule has 0 aliphatic heterocycles. The van der Waals surface area contributed by atoms with E-state index in [0.717, 1.165) is 57.8 Å². The van der Waals surface area contributed by atoms with Gasteiger partial charge in [-0.05, 0) is 49.9 Å². The number of anilines is 2. The Labute approximate surface area is 232 Å². The van der Waals surface area contributed by atoms with Crippen LogP contribution in [0.5, 0.6) is 0 Å². The molecule has 2 aromatic carbocycles. The summed E-state index contributed by atoms with van der Waals surface area (Å²) in [7, 11) is 0. The zero-order valence-corrected chi connectivity index (χ0v) is 23.4. The lowest BCUT2D eigenvalue weighted by molar-refractivity contribution is -0.117. The lowest BCUT2D eigenvalue weighted by atomic mass is 10.1. The number of unbranched alkanes of at least 4 members (excludes halogenated alkanes) is 6. The summed E-state index contributed by atoms with van der Waals surface area (Å²) >= 11 is 0. The normalized spacial score (nSPS) is 10.5. The Balaban J connectivity index is 1.65. The molecule has 0 radical (unpaired) electrons. The molecular weight excluding hydrogens is 492 g/mol. The number of rotatable bonds is 18. The molecule has 0 fully saturated rings. The smallest absolute Gasteiger partial charge is 0.253 e. The topological polar surface area (TPSA) is 116 Å². The van der Waals surface area contributed by atoms with Gasteiger partial charge in [-0.2, -0.15) is 0 Å². The first-order valence-corrected chi connectivity index (χ1v) is 14.3. The highest BCUT2D eigenvalue weighted by Gasteiger charge is 2.14. The lowest BCUT2D eigenvalue weighted by Crippen LogP contribution is -2.26. The van der Waals surface area contributed by atoms with Crippen LogP contribution in [0.15, 0.2) is 48.5 Å². The third-order valence-corrected chi connectivity index (χ3v) is 6.33. The summed E-state index contributed by atoms with van der Waals surface area (Å²) in [6, 6.07) is 14.1. The Hall–Kier alpha value is -3.68. The van der Waals surface area contributed by atoms with Gasteiger partial charge in [0, 0.05) is 25.9 Å². The SMILES string of the molecule is CCCCNC(=O)c1ccccc1NC(=O)CCCCCCCC(=O)Nc1ccccc1C(=O)NCCCC. The van der Waals surface area contributed by atoms with Crippen LogP contribution >= 0.6 is 0 Å². The van der Waals surface area contributed by atoms with E-state index < -0.39 is 0 Å². The number of para-hydroxylation sites is 2. The van der Waals surface area contributed by atoms with Crippen LogP contribution in [0.1, 0.15) is 105 Å². The summed E-state index contributed by atoms with van der Waals surface area (Å²) < 4.78 is 0. The standard InChI is InChI=1S/C31H44N4O4/c1-3-5-22-32-30(38)24-16-12-14-18-26(24)34-28(36)20-10-8-7-9-11-21-29(37)35-27-19-15-13-17-25(27)31(39)33-23-6-4-2/h12-19H,3-11,20-23H2,1-2H3,(H,32,38)(H,33,39)(H,34,36)(H,35,37). The van der Waals surface area contributed by atoms with Gasteiger partial charge in [0.25, 0.3) is 11.8 Å². The van der Waals surface area contributed by atoms with E-state index in [-0.39, 0.29) is 23.6 Å². The highest BCUT2D eigenvalue weighted by molar-refractivity contribution is 6.04. The van der Waals surface area contributed by atoms with E-state index in [2.05, 4.69) is 35.1 Å². The monoisotopic (exact) mass is 536 g/mol. The maximum absolute atomic E-state index is 12.4. The molecule has 0 saturated carbocycles. The van der Waals surface area contributed by atoms with Crippen molar-refractivity contribution in [3.63, 3.8) is 0 Å². The maximum Gasteiger partial charge on any atom is 0.253 e. The number of carbonyl (C=O) groups is 4. The Morgan fingerprint density at radius 3 is 1.33 bits per heavy atom. The summed E-state index contributed by atoms with van der Waals surface area (Å²) in [6.07, 6.45) is 8.75. The van der Waals surface area contributed by atoms with Crippen molar-refractivity contribution in [2.75, 3.05) is 23.7 Å². The first-order chi connectivity index (χ1) is 19.0. The molecule has 0 aliphatic carbocycles. The van der Waals surface area contributed by atoms with Crippen LogP contribution in [0.25, 0.3) is 0 Å². The highest BCUT2D eigenvalue weighted by Crippen LogP contribution is 2.18. The average molecular weight is 537 g/mol. The van der Waals surface area contributed by atoms with E-state index in [1.165, 1.54) is 0 Å². The zero-order chi connectivity index (χ0) is 28.3. The molecule has 2 aromatic rings. The van der Waals surface area contributed by atoms with Crippen molar-refractivity contribution in [1.82, 2.24) is 10.6 Å². The number of nitrogens with one attached hydrogen (secondary N) is 4. The summed E-state index contributed by atoms with van der Waals surface area (Å²) in [4.78, 5) is 49.7. The van der Waals surface area contributed by atoms with Crippen molar-refractivity contribution < 1.29 is 19.2 Å². The van der Waals surface area contributed by atoms with Crippen LogP contribution in [0.2, 0.25) is 0 Å². The quantitative estimate of drug-likeness (QED) is 0.173. The van der Waals surface area contributed by atoms with E-state index in [9.17, 15) is 19.2 Å². The molecule has 0 aliphatic rings. The third-order valence-electron chi connectivity index (χ3n) is 6.33. The van der Waals surface area contributed by atoms with Gasteiger partial charge < -0.3 is 21.3 Å². The fourth-order valence-corrected chi connectivity index (χ4v) is 4.05. The van der Waals surface area contributed by atoms with Gasteiger partial charge in [0.2, 0.25) is 11.8 Å². The van der Waals surface area contributed by atoms with Crippen LogP contribution in [-0.4, -0.2) is 36.7 Å². The molecule has 8 heteroatoms. The molecule has 4 amide bonds. The van der Waals surface area contributed by atoms with Crippen LogP contribution < -0.4 is 21.3 Å². The van der Waals surface area contributed by atoms with Gasteiger partial charge in [0.15, 0.2) is 0 Å². The molecule has 0 atom stereocenters. The van der Waals surface area contributed by atoms with Crippen LogP contribution in [0, 0.1) is 0 Å². The van der Waals surface area contributed by atoms with Crippen LogP contribution in [-0.2, 0) is 9.59 Å². The van der Waals surface area contributed by atoms with Crippen molar-refractivity contribution in [1.29, 1.82) is 0 Å². The second-order valence-electron chi connectivity index (χ2n) is 9.67. The number of hydrogen-bond donors (Lipinski definition) is 4. The van der Waals surface area contributed by atoms with Crippen molar-refractivity contribution in [3.05, 3.63) is 59.7 Å². The predicted octanol–water partition coefficient (Wildman–Crippen LogP) is 6.05. The summed E-state index contributed by atoms with van der Waals surface area (Å²) in [6.45, 7) is 5.36. The molecule has 0 heterocycles. The van der Waals surface area contributed by atoms with E-state index in [1.807, 2.05) is 0 Å². The van der Waals surface area contributed by atoms with Gasteiger partial charge >= 0.3 is 0 Å². The molecule has 212 valence electrons.